The van der Waals surface area contributed by atoms with E-state index in [2.05, 4.69) is 30.5 Å². The number of carbonyl (C=O) groups excluding carboxylic acids is 1. The van der Waals surface area contributed by atoms with Crippen molar-refractivity contribution in [3.05, 3.63) is 29.7 Å². The molecule has 1 unspecified atom stereocenters. The van der Waals surface area contributed by atoms with Crippen molar-refractivity contribution >= 4 is 29.1 Å². The molecule has 4 heterocycles. The van der Waals surface area contributed by atoms with Gasteiger partial charge in [-0.25, -0.2) is 9.97 Å². The number of nitrogens with one attached hydrogen (secondary N) is 2. The van der Waals surface area contributed by atoms with Crippen molar-refractivity contribution < 1.29 is 14.3 Å². The van der Waals surface area contributed by atoms with Gasteiger partial charge in [-0.1, -0.05) is 11.6 Å². The Morgan fingerprint density at radius 2 is 2.09 bits per heavy atom. The van der Waals surface area contributed by atoms with Crippen molar-refractivity contribution in [1.82, 2.24) is 19.9 Å². The van der Waals surface area contributed by atoms with Gasteiger partial charge >= 0.3 is 0 Å². The molecule has 34 heavy (non-hydrogen) atoms. The van der Waals surface area contributed by atoms with E-state index in [-0.39, 0.29) is 11.8 Å². The highest BCUT2D eigenvalue weighted by atomic mass is 35.5. The zero-order valence-electron chi connectivity index (χ0n) is 19.6. The average molecular weight is 489 g/mol. The molecule has 4 rings (SSSR count). The van der Waals surface area contributed by atoms with Crippen LogP contribution >= 0.6 is 11.6 Å². The molecule has 0 radical (unpaired) electrons. The summed E-state index contributed by atoms with van der Waals surface area (Å²) < 4.78 is 10.6. The first-order chi connectivity index (χ1) is 16.6. The molecule has 2 aliphatic rings. The number of halogens is 1. The lowest BCUT2D eigenvalue weighted by atomic mass is 9.97. The highest BCUT2D eigenvalue weighted by Crippen LogP contribution is 2.29. The van der Waals surface area contributed by atoms with Crippen LogP contribution in [0.1, 0.15) is 25.7 Å². The van der Waals surface area contributed by atoms with Crippen LogP contribution in [0.3, 0.4) is 0 Å². The third-order valence-electron chi connectivity index (χ3n) is 6.42. The van der Waals surface area contributed by atoms with E-state index in [1.807, 2.05) is 0 Å². The van der Waals surface area contributed by atoms with Crippen molar-refractivity contribution in [2.75, 3.05) is 63.7 Å². The summed E-state index contributed by atoms with van der Waals surface area (Å²) in [6.07, 6.45) is 8.86. The van der Waals surface area contributed by atoms with Crippen molar-refractivity contribution in [2.24, 2.45) is 11.8 Å². The Morgan fingerprint density at radius 1 is 1.24 bits per heavy atom. The van der Waals surface area contributed by atoms with E-state index >= 15 is 0 Å². The van der Waals surface area contributed by atoms with E-state index in [1.54, 1.807) is 31.8 Å². The maximum absolute atomic E-state index is 12.9. The second kappa shape index (κ2) is 12.4. The number of hydrogen-bond donors (Lipinski definition) is 2. The molecular formula is C24H33ClN6O3. The van der Waals surface area contributed by atoms with E-state index in [0.29, 0.717) is 40.4 Å². The third-order valence-corrected chi connectivity index (χ3v) is 6.72. The summed E-state index contributed by atoms with van der Waals surface area (Å²) in [5, 5.41) is 6.80. The Hall–Kier alpha value is -2.33. The van der Waals surface area contributed by atoms with E-state index in [1.165, 1.54) is 0 Å². The second-order valence-electron chi connectivity index (χ2n) is 8.90. The fraction of sp³-hybridized carbons (Fsp3) is 0.583. The van der Waals surface area contributed by atoms with Gasteiger partial charge in [0.1, 0.15) is 11.6 Å². The van der Waals surface area contributed by atoms with Gasteiger partial charge in [-0.15, -0.1) is 0 Å². The van der Waals surface area contributed by atoms with Gasteiger partial charge in [0.05, 0.1) is 35.6 Å². The number of aromatic nitrogens is 3. The number of anilines is 2. The monoisotopic (exact) mass is 488 g/mol. The number of ether oxygens (including phenoxy) is 2. The molecule has 184 valence electrons. The maximum atomic E-state index is 12.9. The Bertz CT molecular complexity index is 956. The first kappa shape index (κ1) is 24.8. The molecule has 0 bridgehead atoms. The topological polar surface area (TPSA) is 102 Å². The minimum atomic E-state index is -0.0796. The van der Waals surface area contributed by atoms with Crippen molar-refractivity contribution in [2.45, 2.75) is 25.7 Å². The number of rotatable bonds is 9. The van der Waals surface area contributed by atoms with E-state index in [0.717, 1.165) is 65.1 Å². The molecule has 2 aliphatic heterocycles. The summed E-state index contributed by atoms with van der Waals surface area (Å²) in [4.78, 5) is 28.5. The van der Waals surface area contributed by atoms with Gasteiger partial charge in [-0.05, 0) is 44.2 Å². The van der Waals surface area contributed by atoms with Crippen LogP contribution in [0, 0.1) is 11.8 Å². The molecule has 2 N–H and O–H groups in total. The molecule has 2 aromatic heterocycles. The third kappa shape index (κ3) is 6.85. The fourth-order valence-corrected chi connectivity index (χ4v) is 4.61. The largest absolute Gasteiger partial charge is 0.383 e. The van der Waals surface area contributed by atoms with E-state index < -0.39 is 0 Å². The minimum Gasteiger partial charge on any atom is -0.383 e. The summed E-state index contributed by atoms with van der Waals surface area (Å²) in [5.41, 5.74) is 1.31. The quantitative estimate of drug-likeness (QED) is 0.554. The molecule has 10 heteroatoms. The maximum Gasteiger partial charge on any atom is 0.229 e. The number of amides is 1. The summed E-state index contributed by atoms with van der Waals surface area (Å²) in [5.74, 6) is 1.61. The molecule has 0 aromatic carbocycles. The van der Waals surface area contributed by atoms with Crippen molar-refractivity contribution in [3.8, 4) is 11.3 Å². The Balaban J connectivity index is 1.40. The van der Waals surface area contributed by atoms with Crippen LogP contribution in [0.4, 0.5) is 11.6 Å². The van der Waals surface area contributed by atoms with Gasteiger partial charge in [0.15, 0.2) is 0 Å². The molecule has 2 aromatic rings. The van der Waals surface area contributed by atoms with Crippen LogP contribution in [-0.4, -0.2) is 78.9 Å². The van der Waals surface area contributed by atoms with E-state index in [9.17, 15) is 4.79 Å². The number of piperidine rings is 1. The van der Waals surface area contributed by atoms with Gasteiger partial charge in [0.2, 0.25) is 5.91 Å². The highest BCUT2D eigenvalue weighted by molar-refractivity contribution is 6.33. The van der Waals surface area contributed by atoms with Crippen molar-refractivity contribution in [3.63, 3.8) is 0 Å². The standard InChI is InChI=1S/C24H33ClN6O3/c1-33-10-7-31-6-2-3-18(16-31)24(32)30-22-11-19(20(25)13-28-22)21-14-26-15-23(29-21)27-12-17-4-8-34-9-5-17/h11,13-15,17-18H,2-10,12,16H2,1H3,(H,27,29)(H,28,30,32). The Labute approximate surface area is 205 Å². The fourth-order valence-electron chi connectivity index (χ4n) is 4.40. The first-order valence-electron chi connectivity index (χ1n) is 11.9. The molecule has 0 spiro atoms. The zero-order valence-corrected chi connectivity index (χ0v) is 20.4. The van der Waals surface area contributed by atoms with Crippen molar-refractivity contribution in [1.29, 1.82) is 0 Å². The lowest BCUT2D eigenvalue weighted by molar-refractivity contribution is -0.121. The van der Waals surface area contributed by atoms with Crippen LogP contribution in [-0.2, 0) is 14.3 Å². The Morgan fingerprint density at radius 3 is 2.91 bits per heavy atom. The molecule has 9 nitrogen and oxygen atoms in total. The molecule has 2 fully saturated rings. The van der Waals surface area contributed by atoms with Crippen LogP contribution < -0.4 is 10.6 Å². The summed E-state index contributed by atoms with van der Waals surface area (Å²) in [6.45, 7) is 5.67. The number of nitrogens with zero attached hydrogens (tertiary/aromatic N) is 4. The summed E-state index contributed by atoms with van der Waals surface area (Å²) >= 11 is 6.44. The predicted octanol–water partition coefficient (Wildman–Crippen LogP) is 3.33. The number of hydrogen-bond acceptors (Lipinski definition) is 8. The summed E-state index contributed by atoms with van der Waals surface area (Å²) in [7, 11) is 1.69. The molecule has 0 saturated carbocycles. The Kier molecular flexibility index (Phi) is 9.04. The lowest BCUT2D eigenvalue weighted by Crippen LogP contribution is -2.42. The van der Waals surface area contributed by atoms with Crippen LogP contribution in [0.15, 0.2) is 24.7 Å². The molecular weight excluding hydrogens is 456 g/mol. The van der Waals surface area contributed by atoms with Crippen LogP contribution in [0.25, 0.3) is 11.3 Å². The van der Waals surface area contributed by atoms with Crippen LogP contribution in [0.5, 0.6) is 0 Å². The molecule has 2 saturated heterocycles. The molecule has 1 amide bonds. The summed E-state index contributed by atoms with van der Waals surface area (Å²) in [6, 6.07) is 1.76. The number of likely N-dealkylation sites (tertiary alicyclic amines) is 1. The number of pyridine rings is 1. The van der Waals surface area contributed by atoms with Gasteiger partial charge in [-0.3, -0.25) is 9.78 Å². The smallest absolute Gasteiger partial charge is 0.229 e. The first-order valence-corrected chi connectivity index (χ1v) is 12.3. The van der Waals surface area contributed by atoms with Gasteiger partial charge in [0, 0.05) is 51.7 Å². The minimum absolute atomic E-state index is 0.0270. The molecule has 0 aliphatic carbocycles. The van der Waals surface area contributed by atoms with Gasteiger partial charge in [0.25, 0.3) is 0 Å². The number of methoxy groups -OCH3 is 1. The van der Waals surface area contributed by atoms with Gasteiger partial charge < -0.3 is 25.0 Å². The predicted molar refractivity (Wildman–Crippen MR) is 132 cm³/mol. The van der Waals surface area contributed by atoms with E-state index in [4.69, 9.17) is 21.1 Å². The van der Waals surface area contributed by atoms with Gasteiger partial charge in [-0.2, -0.15) is 0 Å². The zero-order chi connectivity index (χ0) is 23.8. The van der Waals surface area contributed by atoms with Crippen LogP contribution in [0.2, 0.25) is 5.02 Å². The highest BCUT2D eigenvalue weighted by Gasteiger charge is 2.26. The second-order valence-corrected chi connectivity index (χ2v) is 9.30. The number of carbonyl (C=O) groups is 1. The molecule has 1 atom stereocenters. The normalized spacial score (nSPS) is 19.6. The lowest BCUT2D eigenvalue weighted by Gasteiger charge is -2.31. The SMILES string of the molecule is COCCN1CCCC(C(=O)Nc2cc(-c3cncc(NCC4CCOCC4)n3)c(Cl)cn2)C1. The average Bonchev–Trinajstić information content (AvgIpc) is 2.88.